The third kappa shape index (κ3) is 4.76. The standard InChI is InChI=1S/C30H43NO7/c1-28-12-9-20(32)16-19(28)5-6-22-23(28)10-13-29(2)24(22)11-14-30(29,36)25(33)18-38-27(35)8-7-26(34)31-17-21-4-3-15-37-21/h16,21-24,36H,3-15,17-18H2,1-2H3,(H,31,34)/t21?,22?,23?,24?,28-,29-,30-/m0/s1. The van der Waals surface area contributed by atoms with Crippen LogP contribution < -0.4 is 5.32 Å². The maximum absolute atomic E-state index is 13.3. The number of rotatable bonds is 8. The van der Waals surface area contributed by atoms with Crippen LogP contribution in [0.15, 0.2) is 11.6 Å². The first kappa shape index (κ1) is 27.5. The fourth-order valence-corrected chi connectivity index (χ4v) is 8.71. The van der Waals surface area contributed by atoms with E-state index < -0.39 is 29.4 Å². The molecule has 8 heteroatoms. The highest BCUT2D eigenvalue weighted by molar-refractivity contribution is 5.92. The second kappa shape index (κ2) is 10.5. The van der Waals surface area contributed by atoms with Crippen molar-refractivity contribution < 1.29 is 33.8 Å². The van der Waals surface area contributed by atoms with Crippen molar-refractivity contribution in [3.05, 3.63) is 11.6 Å². The summed E-state index contributed by atoms with van der Waals surface area (Å²) in [6.45, 7) is 5.07. The molecule has 0 spiro atoms. The van der Waals surface area contributed by atoms with Crippen molar-refractivity contribution in [2.75, 3.05) is 19.8 Å². The molecule has 5 rings (SSSR count). The van der Waals surface area contributed by atoms with Gasteiger partial charge in [0.15, 0.2) is 12.4 Å². The molecule has 0 aromatic heterocycles. The van der Waals surface area contributed by atoms with E-state index in [4.69, 9.17) is 9.47 Å². The number of Topliss-reactive ketones (excluding diaryl/α,β-unsaturated/α-hetero) is 1. The summed E-state index contributed by atoms with van der Waals surface area (Å²) >= 11 is 0. The predicted octanol–water partition coefficient (Wildman–Crippen LogP) is 3.44. The zero-order valence-electron chi connectivity index (χ0n) is 22.9. The Morgan fingerprint density at radius 2 is 1.84 bits per heavy atom. The van der Waals surface area contributed by atoms with Crippen LogP contribution >= 0.6 is 0 Å². The number of ketones is 2. The molecule has 1 saturated heterocycles. The van der Waals surface area contributed by atoms with E-state index in [0.29, 0.717) is 37.8 Å². The highest BCUT2D eigenvalue weighted by Crippen LogP contribution is 2.67. The first-order chi connectivity index (χ1) is 18.1. The molecular formula is C30H43NO7. The number of carbonyl (C=O) groups excluding carboxylic acids is 4. The smallest absolute Gasteiger partial charge is 0.306 e. The molecule has 0 bridgehead atoms. The predicted molar refractivity (Wildman–Crippen MR) is 139 cm³/mol. The molecule has 5 aliphatic rings. The number of fused-ring (bicyclic) bond motifs is 5. The van der Waals surface area contributed by atoms with Crippen LogP contribution in [0, 0.1) is 28.6 Å². The minimum Gasteiger partial charge on any atom is -0.458 e. The fraction of sp³-hybridized carbons (Fsp3) is 0.800. The van der Waals surface area contributed by atoms with Gasteiger partial charge in [0, 0.05) is 31.4 Å². The molecular weight excluding hydrogens is 486 g/mol. The van der Waals surface area contributed by atoms with Gasteiger partial charge in [-0.05, 0) is 87.0 Å². The molecule has 0 radical (unpaired) electrons. The number of hydrogen-bond acceptors (Lipinski definition) is 7. The van der Waals surface area contributed by atoms with Crippen LogP contribution in [-0.4, -0.2) is 60.0 Å². The number of esters is 1. The molecule has 0 aromatic carbocycles. The molecule has 210 valence electrons. The maximum atomic E-state index is 13.3. The van der Waals surface area contributed by atoms with Crippen molar-refractivity contribution >= 4 is 23.4 Å². The van der Waals surface area contributed by atoms with E-state index in [-0.39, 0.29) is 42.0 Å². The number of ether oxygens (including phenoxy) is 2. The molecule has 2 N–H and O–H groups in total. The summed E-state index contributed by atoms with van der Waals surface area (Å²) in [7, 11) is 0. The van der Waals surface area contributed by atoms with E-state index in [1.807, 2.05) is 6.08 Å². The van der Waals surface area contributed by atoms with Crippen LogP contribution in [0.2, 0.25) is 0 Å². The van der Waals surface area contributed by atoms with Gasteiger partial charge >= 0.3 is 5.97 Å². The summed E-state index contributed by atoms with van der Waals surface area (Å²) in [6.07, 6.45) is 10.00. The summed E-state index contributed by atoms with van der Waals surface area (Å²) in [4.78, 5) is 49.7. The number of hydrogen-bond donors (Lipinski definition) is 2. The largest absolute Gasteiger partial charge is 0.458 e. The van der Waals surface area contributed by atoms with E-state index in [0.717, 1.165) is 51.4 Å². The van der Waals surface area contributed by atoms with E-state index in [9.17, 15) is 24.3 Å². The Labute approximate surface area is 225 Å². The minimum atomic E-state index is -1.51. The van der Waals surface area contributed by atoms with Gasteiger partial charge in [-0.2, -0.15) is 0 Å². The molecule has 38 heavy (non-hydrogen) atoms. The monoisotopic (exact) mass is 529 g/mol. The molecule has 0 aromatic rings. The zero-order valence-corrected chi connectivity index (χ0v) is 22.9. The molecule has 3 saturated carbocycles. The summed E-state index contributed by atoms with van der Waals surface area (Å²) in [5.74, 6) is 0.0801. The maximum Gasteiger partial charge on any atom is 0.306 e. The van der Waals surface area contributed by atoms with Gasteiger partial charge in [0.05, 0.1) is 12.5 Å². The summed E-state index contributed by atoms with van der Waals surface area (Å²) < 4.78 is 10.7. The van der Waals surface area contributed by atoms with Gasteiger partial charge in [0.25, 0.3) is 0 Å². The van der Waals surface area contributed by atoms with E-state index in [2.05, 4.69) is 19.2 Å². The Kier molecular flexibility index (Phi) is 7.59. The molecule has 7 atom stereocenters. The van der Waals surface area contributed by atoms with Crippen molar-refractivity contribution in [2.45, 2.75) is 103 Å². The number of amides is 1. The first-order valence-electron chi connectivity index (χ1n) is 14.6. The number of carbonyl (C=O) groups is 4. The zero-order chi connectivity index (χ0) is 27.1. The van der Waals surface area contributed by atoms with Crippen LogP contribution in [0.3, 0.4) is 0 Å². The lowest BCUT2D eigenvalue weighted by atomic mass is 9.46. The van der Waals surface area contributed by atoms with Gasteiger partial charge in [0.1, 0.15) is 5.60 Å². The van der Waals surface area contributed by atoms with Gasteiger partial charge in [0.2, 0.25) is 11.7 Å². The quantitative estimate of drug-likeness (QED) is 0.462. The average Bonchev–Trinajstić information content (AvgIpc) is 3.51. The molecule has 4 unspecified atom stereocenters. The van der Waals surface area contributed by atoms with Crippen molar-refractivity contribution in [1.82, 2.24) is 5.32 Å². The lowest BCUT2D eigenvalue weighted by molar-refractivity contribution is -0.170. The second-order valence-electron chi connectivity index (χ2n) is 12.8. The normalized spacial score (nSPS) is 40.0. The molecule has 1 heterocycles. The highest BCUT2D eigenvalue weighted by Gasteiger charge is 2.66. The lowest BCUT2D eigenvalue weighted by Gasteiger charge is -2.58. The van der Waals surface area contributed by atoms with Gasteiger partial charge in [-0.1, -0.05) is 19.4 Å². The Hall–Kier alpha value is -2.06. The Bertz CT molecular complexity index is 1020. The topological polar surface area (TPSA) is 119 Å². The van der Waals surface area contributed by atoms with Gasteiger partial charge in [-0.25, -0.2) is 0 Å². The third-order valence-electron chi connectivity index (χ3n) is 11.0. The number of nitrogens with one attached hydrogen (secondary N) is 1. The number of allylic oxidation sites excluding steroid dienone is 1. The van der Waals surface area contributed by atoms with Gasteiger partial charge in [-0.15, -0.1) is 0 Å². The van der Waals surface area contributed by atoms with Crippen molar-refractivity contribution in [1.29, 1.82) is 0 Å². The SMILES string of the molecule is C[C@]12CCC(=O)C=C1CCC1C2CC[C@@]2(C)C1CC[C@]2(O)C(=O)COC(=O)CCC(=O)NCC1CCCO1. The Balaban J connectivity index is 1.15. The van der Waals surface area contributed by atoms with Crippen LogP contribution in [0.5, 0.6) is 0 Å². The highest BCUT2D eigenvalue weighted by atomic mass is 16.5. The molecule has 8 nitrogen and oxygen atoms in total. The molecule has 1 aliphatic heterocycles. The first-order valence-corrected chi connectivity index (χ1v) is 14.6. The number of aliphatic hydroxyl groups is 1. The van der Waals surface area contributed by atoms with Crippen LogP contribution in [0.1, 0.15) is 90.9 Å². The summed E-state index contributed by atoms with van der Waals surface area (Å²) in [5, 5.41) is 14.5. The fourth-order valence-electron chi connectivity index (χ4n) is 8.71. The molecule has 4 aliphatic carbocycles. The third-order valence-corrected chi connectivity index (χ3v) is 11.0. The van der Waals surface area contributed by atoms with E-state index >= 15 is 0 Å². The summed E-state index contributed by atoms with van der Waals surface area (Å²) in [6, 6.07) is 0. The minimum absolute atomic E-state index is 0.00628. The average molecular weight is 530 g/mol. The van der Waals surface area contributed by atoms with Crippen LogP contribution in [0.25, 0.3) is 0 Å². The van der Waals surface area contributed by atoms with E-state index in [1.54, 1.807) is 0 Å². The Morgan fingerprint density at radius 3 is 2.61 bits per heavy atom. The van der Waals surface area contributed by atoms with Crippen molar-refractivity contribution in [3.8, 4) is 0 Å². The molecule has 1 amide bonds. The van der Waals surface area contributed by atoms with Gasteiger partial charge < -0.3 is 19.9 Å². The second-order valence-corrected chi connectivity index (χ2v) is 12.8. The summed E-state index contributed by atoms with van der Waals surface area (Å²) in [5.41, 5.74) is -0.729. The Morgan fingerprint density at radius 1 is 1.05 bits per heavy atom. The van der Waals surface area contributed by atoms with Crippen LogP contribution in [-0.2, 0) is 28.7 Å². The molecule has 4 fully saturated rings. The van der Waals surface area contributed by atoms with Gasteiger partial charge in [-0.3, -0.25) is 19.2 Å². The lowest BCUT2D eigenvalue weighted by Crippen LogP contribution is -2.58. The van der Waals surface area contributed by atoms with E-state index in [1.165, 1.54) is 5.57 Å². The van der Waals surface area contributed by atoms with Crippen molar-refractivity contribution in [2.24, 2.45) is 28.6 Å². The van der Waals surface area contributed by atoms with Crippen LogP contribution in [0.4, 0.5) is 0 Å². The van der Waals surface area contributed by atoms with Crippen molar-refractivity contribution in [3.63, 3.8) is 0 Å².